The number of amidine groups is 1. The Morgan fingerprint density at radius 1 is 1.15 bits per heavy atom. The second-order valence-corrected chi connectivity index (χ2v) is 6.80. The van der Waals surface area contributed by atoms with E-state index in [9.17, 15) is 4.79 Å². The van der Waals surface area contributed by atoms with Crippen LogP contribution in [0.2, 0.25) is 0 Å². The Morgan fingerprint density at radius 2 is 1.92 bits per heavy atom. The van der Waals surface area contributed by atoms with E-state index in [0.29, 0.717) is 18.2 Å². The van der Waals surface area contributed by atoms with Gasteiger partial charge in [-0.15, -0.1) is 11.7 Å². The molecule has 26 heavy (non-hydrogen) atoms. The van der Waals surface area contributed by atoms with E-state index in [0.717, 1.165) is 16.9 Å². The highest BCUT2D eigenvalue weighted by atomic mass is 32.2. The minimum absolute atomic E-state index is 0.0521. The van der Waals surface area contributed by atoms with Gasteiger partial charge in [-0.05, 0) is 41.8 Å². The molecule has 1 heterocycles. The van der Waals surface area contributed by atoms with Crippen LogP contribution in [0.15, 0.2) is 77.5 Å². The molecule has 0 aromatic heterocycles. The second kappa shape index (κ2) is 9.01. The molecule has 0 radical (unpaired) electrons. The van der Waals surface area contributed by atoms with Gasteiger partial charge in [0.2, 0.25) is 5.91 Å². The number of nitrogens with one attached hydrogen (secondary N) is 1. The molecular formula is C20H19N3O2S. The molecule has 6 heteroatoms. The summed E-state index contributed by atoms with van der Waals surface area (Å²) < 4.78 is 5.75. The first-order valence-electron chi connectivity index (χ1n) is 8.21. The lowest BCUT2D eigenvalue weighted by Crippen LogP contribution is -2.24. The van der Waals surface area contributed by atoms with Crippen LogP contribution in [0, 0.1) is 0 Å². The zero-order chi connectivity index (χ0) is 18.2. The van der Waals surface area contributed by atoms with Crippen LogP contribution in [0.3, 0.4) is 0 Å². The first kappa shape index (κ1) is 17.9. The van der Waals surface area contributed by atoms with Crippen LogP contribution in [-0.2, 0) is 11.4 Å². The Labute approximate surface area is 156 Å². The summed E-state index contributed by atoms with van der Waals surface area (Å²) in [4.78, 5) is 11.7. The Morgan fingerprint density at radius 3 is 2.65 bits per heavy atom. The summed E-state index contributed by atoms with van der Waals surface area (Å²) in [6, 6.07) is 17.6. The van der Waals surface area contributed by atoms with E-state index in [1.54, 1.807) is 12.3 Å². The maximum absolute atomic E-state index is 11.7. The molecule has 1 fully saturated rings. The molecule has 2 aromatic rings. The molecule has 2 aromatic carbocycles. The molecule has 1 N–H and O–H groups in total. The Balaban J connectivity index is 1.52. The molecule has 1 atom stereocenters. The first-order valence-corrected chi connectivity index (χ1v) is 9.09. The highest BCUT2D eigenvalue weighted by Crippen LogP contribution is 2.22. The summed E-state index contributed by atoms with van der Waals surface area (Å²) in [7, 11) is 0. The maximum Gasteiger partial charge on any atom is 0.239 e. The average Bonchev–Trinajstić information content (AvgIpc) is 3.02. The van der Waals surface area contributed by atoms with E-state index >= 15 is 0 Å². The lowest BCUT2D eigenvalue weighted by atomic mass is 10.2. The number of ether oxygens (including phenoxy) is 1. The largest absolute Gasteiger partial charge is 0.489 e. The molecule has 5 nitrogen and oxygen atoms in total. The van der Waals surface area contributed by atoms with Crippen molar-refractivity contribution in [2.45, 2.75) is 18.3 Å². The number of hydrogen-bond donors (Lipinski definition) is 1. The van der Waals surface area contributed by atoms with Gasteiger partial charge in [0.15, 0.2) is 5.17 Å². The number of hydrogen-bond acceptors (Lipinski definition) is 5. The smallest absolute Gasteiger partial charge is 0.239 e. The van der Waals surface area contributed by atoms with Gasteiger partial charge in [-0.1, -0.05) is 48.2 Å². The number of amides is 1. The molecule has 0 spiro atoms. The van der Waals surface area contributed by atoms with Gasteiger partial charge in [0.05, 0.1) is 11.5 Å². The normalized spacial score (nSPS) is 18.2. The summed E-state index contributed by atoms with van der Waals surface area (Å²) in [6.45, 7) is 4.18. The van der Waals surface area contributed by atoms with Crippen LogP contribution in [0.1, 0.15) is 17.5 Å². The highest BCUT2D eigenvalue weighted by molar-refractivity contribution is 8.15. The molecule has 0 aliphatic carbocycles. The molecule has 0 unspecified atom stereocenters. The molecule has 132 valence electrons. The highest BCUT2D eigenvalue weighted by Gasteiger charge is 2.28. The van der Waals surface area contributed by atoms with Crippen LogP contribution >= 0.6 is 11.8 Å². The van der Waals surface area contributed by atoms with Gasteiger partial charge in [-0.3, -0.25) is 4.79 Å². The van der Waals surface area contributed by atoms with Crippen molar-refractivity contribution >= 4 is 29.1 Å². The lowest BCUT2D eigenvalue weighted by Gasteiger charge is -2.06. The van der Waals surface area contributed by atoms with E-state index < -0.39 is 0 Å². The lowest BCUT2D eigenvalue weighted by molar-refractivity contribution is -0.118. The number of benzene rings is 2. The fourth-order valence-corrected chi connectivity index (χ4v) is 3.22. The van der Waals surface area contributed by atoms with Gasteiger partial charge < -0.3 is 10.1 Å². The number of nitrogens with zero attached hydrogens (tertiary/aromatic N) is 2. The fraction of sp³-hybridized carbons (Fsp3) is 0.150. The SMILES string of the molecule is C=CC[C@@H]1S/C(=N/N=C\c2ccc(OCc3ccccc3)cc2)NC1=O. The van der Waals surface area contributed by atoms with E-state index in [4.69, 9.17) is 4.74 Å². The predicted octanol–water partition coefficient (Wildman–Crippen LogP) is 3.76. The first-order chi connectivity index (χ1) is 12.7. The summed E-state index contributed by atoms with van der Waals surface area (Å²) in [5.41, 5.74) is 2.03. The topological polar surface area (TPSA) is 63.1 Å². The summed E-state index contributed by atoms with van der Waals surface area (Å²) in [5.74, 6) is 0.743. The van der Waals surface area contributed by atoms with Crippen LogP contribution in [-0.4, -0.2) is 22.5 Å². The van der Waals surface area contributed by atoms with Crippen molar-refractivity contribution in [2.75, 3.05) is 0 Å². The molecule has 1 saturated heterocycles. The van der Waals surface area contributed by atoms with Gasteiger partial charge in [-0.25, -0.2) is 0 Å². The van der Waals surface area contributed by atoms with Crippen molar-refractivity contribution in [3.8, 4) is 5.75 Å². The van der Waals surface area contributed by atoms with Crippen LogP contribution in [0.5, 0.6) is 5.75 Å². The van der Waals surface area contributed by atoms with Crippen molar-refractivity contribution in [1.29, 1.82) is 0 Å². The van der Waals surface area contributed by atoms with Crippen LogP contribution < -0.4 is 10.1 Å². The number of allylic oxidation sites excluding steroid dienone is 1. The molecule has 1 aliphatic rings. The third-order valence-electron chi connectivity index (χ3n) is 3.64. The van der Waals surface area contributed by atoms with E-state index in [1.165, 1.54) is 11.8 Å². The maximum atomic E-state index is 11.7. The molecule has 1 aliphatic heterocycles. The van der Waals surface area contributed by atoms with Gasteiger partial charge >= 0.3 is 0 Å². The van der Waals surface area contributed by atoms with E-state index in [2.05, 4.69) is 22.1 Å². The Bertz CT molecular complexity index is 817. The van der Waals surface area contributed by atoms with Crippen LogP contribution in [0.25, 0.3) is 0 Å². The quantitative estimate of drug-likeness (QED) is 0.462. The van der Waals surface area contributed by atoms with E-state index in [1.807, 2.05) is 54.6 Å². The standard InChI is InChI=1S/C20H19N3O2S/c1-2-6-18-19(24)22-20(26-18)23-21-13-15-9-11-17(12-10-15)25-14-16-7-4-3-5-8-16/h2-5,7-13,18H,1,6,14H2,(H,22,23,24)/b21-13-/t18-/m0/s1. The number of rotatable bonds is 7. The van der Waals surface area contributed by atoms with Crippen molar-refractivity contribution in [2.24, 2.45) is 10.2 Å². The van der Waals surface area contributed by atoms with Crippen molar-refractivity contribution < 1.29 is 9.53 Å². The number of thioether (sulfide) groups is 1. The summed E-state index contributed by atoms with van der Waals surface area (Å²) >= 11 is 1.37. The molecular weight excluding hydrogens is 346 g/mol. The Hall–Kier alpha value is -2.86. The Kier molecular flexibility index (Phi) is 6.22. The van der Waals surface area contributed by atoms with E-state index in [-0.39, 0.29) is 11.2 Å². The monoisotopic (exact) mass is 365 g/mol. The fourth-order valence-electron chi connectivity index (χ4n) is 2.30. The predicted molar refractivity (Wildman–Crippen MR) is 107 cm³/mol. The zero-order valence-corrected chi connectivity index (χ0v) is 15.0. The molecule has 3 rings (SSSR count). The molecule has 1 amide bonds. The summed E-state index contributed by atoms with van der Waals surface area (Å²) in [5, 5.41) is 11.1. The average molecular weight is 365 g/mol. The third-order valence-corrected chi connectivity index (χ3v) is 4.74. The minimum Gasteiger partial charge on any atom is -0.489 e. The van der Waals surface area contributed by atoms with Crippen LogP contribution in [0.4, 0.5) is 0 Å². The molecule has 0 bridgehead atoms. The third kappa shape index (κ3) is 5.07. The molecule has 0 saturated carbocycles. The number of carbonyl (C=O) groups excluding carboxylic acids is 1. The number of carbonyl (C=O) groups is 1. The van der Waals surface area contributed by atoms with Crippen molar-refractivity contribution in [1.82, 2.24) is 5.32 Å². The summed E-state index contributed by atoms with van der Waals surface area (Å²) in [6.07, 6.45) is 3.98. The minimum atomic E-state index is -0.164. The van der Waals surface area contributed by atoms with Gasteiger partial charge in [0, 0.05) is 0 Å². The zero-order valence-electron chi connectivity index (χ0n) is 14.2. The van der Waals surface area contributed by atoms with Crippen molar-refractivity contribution in [3.05, 3.63) is 78.4 Å². The van der Waals surface area contributed by atoms with Gasteiger partial charge in [0.25, 0.3) is 0 Å². The van der Waals surface area contributed by atoms with Crippen molar-refractivity contribution in [3.63, 3.8) is 0 Å². The van der Waals surface area contributed by atoms with Gasteiger partial charge in [0.1, 0.15) is 12.4 Å². The van der Waals surface area contributed by atoms with Gasteiger partial charge in [-0.2, -0.15) is 5.10 Å². The second-order valence-electron chi connectivity index (χ2n) is 5.61.